The first-order chi connectivity index (χ1) is 3.91. The average molecular weight is 119 g/mol. The SMILES string of the molecule is CN.CN.CN=[N+]=[N-]. The molecule has 0 unspecified atom stereocenters. The minimum absolute atomic E-state index is 1.39. The molecular weight excluding hydrogens is 106 g/mol. The van der Waals surface area contributed by atoms with Crippen LogP contribution in [0, 0.1) is 0 Å². The van der Waals surface area contributed by atoms with Crippen molar-refractivity contribution in [2.24, 2.45) is 16.6 Å². The van der Waals surface area contributed by atoms with Gasteiger partial charge < -0.3 is 11.5 Å². The Morgan fingerprint density at radius 3 is 1.38 bits per heavy atom. The quantitative estimate of drug-likeness (QED) is 0.268. The molecule has 0 saturated heterocycles. The molecule has 50 valence electrons. The Labute approximate surface area is 49.3 Å². The lowest BCUT2D eigenvalue weighted by atomic mass is 11.6. The van der Waals surface area contributed by atoms with Crippen LogP contribution in [-0.2, 0) is 0 Å². The summed E-state index contributed by atoms with van der Waals surface area (Å²) >= 11 is 0. The Morgan fingerprint density at radius 1 is 1.25 bits per heavy atom. The summed E-state index contributed by atoms with van der Waals surface area (Å²) in [6.07, 6.45) is 0. The van der Waals surface area contributed by atoms with Gasteiger partial charge in [0.1, 0.15) is 0 Å². The van der Waals surface area contributed by atoms with Crippen molar-refractivity contribution in [1.29, 1.82) is 0 Å². The zero-order valence-electron chi connectivity index (χ0n) is 5.50. The molecule has 0 aromatic rings. The molecule has 0 fully saturated rings. The highest BCUT2D eigenvalue weighted by Gasteiger charge is 1.27. The van der Waals surface area contributed by atoms with Crippen LogP contribution in [0.5, 0.6) is 0 Å². The van der Waals surface area contributed by atoms with Crippen molar-refractivity contribution in [3.8, 4) is 0 Å². The standard InChI is InChI=1S/CH3N3.2CH5N/c1-3-4-2;2*1-2/h1H3;2*2H2,1H3. The van der Waals surface area contributed by atoms with Gasteiger partial charge in [-0.05, 0) is 19.6 Å². The molecular formula is C3H13N5. The predicted molar refractivity (Wildman–Crippen MR) is 35.3 cm³/mol. The molecule has 0 aliphatic rings. The van der Waals surface area contributed by atoms with Crippen LogP contribution < -0.4 is 11.5 Å². The topological polar surface area (TPSA) is 101 Å². The summed E-state index contributed by atoms with van der Waals surface area (Å²) in [6.45, 7) is 0. The van der Waals surface area contributed by atoms with Gasteiger partial charge in [-0.15, -0.1) is 0 Å². The molecule has 5 heteroatoms. The molecule has 0 rings (SSSR count). The zero-order valence-corrected chi connectivity index (χ0v) is 5.50. The third kappa shape index (κ3) is 1770. The Bertz CT molecular complexity index is 45.6. The predicted octanol–water partition coefficient (Wildman–Crippen LogP) is 0.0763. The Hall–Kier alpha value is -0.770. The van der Waals surface area contributed by atoms with E-state index in [2.05, 4.69) is 21.5 Å². The first-order valence-electron chi connectivity index (χ1n) is 2.00. The van der Waals surface area contributed by atoms with Gasteiger partial charge in [0.2, 0.25) is 0 Å². The summed E-state index contributed by atoms with van der Waals surface area (Å²) in [5.74, 6) is 0. The largest absolute Gasteiger partial charge is 0.333 e. The molecule has 0 amide bonds. The maximum absolute atomic E-state index is 7.33. The molecule has 0 heterocycles. The van der Waals surface area contributed by atoms with Gasteiger partial charge in [-0.1, -0.05) is 5.11 Å². The van der Waals surface area contributed by atoms with Crippen molar-refractivity contribution in [2.45, 2.75) is 0 Å². The minimum atomic E-state index is 1.39. The first-order valence-corrected chi connectivity index (χ1v) is 2.00. The van der Waals surface area contributed by atoms with Crippen LogP contribution in [0.4, 0.5) is 0 Å². The molecule has 8 heavy (non-hydrogen) atoms. The number of rotatable bonds is 0. The third-order valence-electron chi connectivity index (χ3n) is 0.0894. The summed E-state index contributed by atoms with van der Waals surface area (Å²) < 4.78 is 0. The first kappa shape index (κ1) is 15.7. The second-order valence-electron chi connectivity index (χ2n) is 0.289. The Morgan fingerprint density at radius 2 is 1.38 bits per heavy atom. The van der Waals surface area contributed by atoms with Crippen LogP contribution in [0.1, 0.15) is 0 Å². The van der Waals surface area contributed by atoms with E-state index in [9.17, 15) is 0 Å². The number of nitrogens with two attached hydrogens (primary N) is 2. The molecule has 0 aliphatic heterocycles. The number of hydrogen-bond acceptors (Lipinski definition) is 3. The molecule has 0 bridgehead atoms. The van der Waals surface area contributed by atoms with E-state index in [1.54, 1.807) is 0 Å². The fourth-order valence-corrected chi connectivity index (χ4v) is 0. The molecule has 0 aromatic heterocycles. The van der Waals surface area contributed by atoms with E-state index >= 15 is 0 Å². The van der Waals surface area contributed by atoms with Crippen molar-refractivity contribution in [1.82, 2.24) is 0 Å². The summed E-state index contributed by atoms with van der Waals surface area (Å²) in [5.41, 5.74) is 16.3. The lowest BCUT2D eigenvalue weighted by Crippen LogP contribution is -1.69. The van der Waals surface area contributed by atoms with E-state index in [1.165, 1.54) is 21.1 Å². The van der Waals surface area contributed by atoms with Crippen LogP contribution in [0.15, 0.2) is 5.11 Å². The molecule has 0 atom stereocenters. The lowest BCUT2D eigenvalue weighted by Gasteiger charge is -1.35. The fourth-order valence-electron chi connectivity index (χ4n) is 0. The Balaban J connectivity index is -0.0000000542. The molecule has 0 spiro atoms. The second-order valence-corrected chi connectivity index (χ2v) is 0.289. The lowest BCUT2D eigenvalue weighted by molar-refractivity contribution is 1.40. The van der Waals surface area contributed by atoms with Gasteiger partial charge in [-0.2, -0.15) is 0 Å². The van der Waals surface area contributed by atoms with Crippen LogP contribution in [0.25, 0.3) is 10.4 Å². The molecule has 4 N–H and O–H groups in total. The van der Waals surface area contributed by atoms with E-state index in [-0.39, 0.29) is 0 Å². The summed E-state index contributed by atoms with van der Waals surface area (Å²) in [5, 5.41) is 2.92. The van der Waals surface area contributed by atoms with E-state index in [0.29, 0.717) is 0 Å². The summed E-state index contributed by atoms with van der Waals surface area (Å²) in [6, 6.07) is 0. The summed E-state index contributed by atoms with van der Waals surface area (Å²) in [4.78, 5) is 2.36. The van der Waals surface area contributed by atoms with Crippen molar-refractivity contribution in [2.75, 3.05) is 21.1 Å². The van der Waals surface area contributed by atoms with E-state index < -0.39 is 0 Å². The highest BCUT2D eigenvalue weighted by molar-refractivity contribution is 4.30. The zero-order chi connectivity index (χ0) is 7.41. The average Bonchev–Trinajstić information content (AvgIpc) is 1.96. The summed E-state index contributed by atoms with van der Waals surface area (Å²) in [7, 11) is 4.39. The van der Waals surface area contributed by atoms with Crippen molar-refractivity contribution >= 4 is 0 Å². The van der Waals surface area contributed by atoms with Gasteiger partial charge in [0.05, 0.1) is 0 Å². The van der Waals surface area contributed by atoms with Gasteiger partial charge in [-0.3, -0.25) is 0 Å². The molecule has 0 radical (unpaired) electrons. The van der Waals surface area contributed by atoms with E-state index in [1.807, 2.05) is 0 Å². The molecule has 0 aliphatic carbocycles. The van der Waals surface area contributed by atoms with Crippen molar-refractivity contribution < 1.29 is 0 Å². The van der Waals surface area contributed by atoms with E-state index in [0.717, 1.165) is 0 Å². The maximum atomic E-state index is 7.33. The van der Waals surface area contributed by atoms with Crippen LogP contribution in [0.3, 0.4) is 0 Å². The maximum Gasteiger partial charge on any atom is 0.0139 e. The highest BCUT2D eigenvalue weighted by Crippen LogP contribution is 1.46. The second kappa shape index (κ2) is 113. The van der Waals surface area contributed by atoms with Gasteiger partial charge in [0.25, 0.3) is 0 Å². The van der Waals surface area contributed by atoms with Crippen LogP contribution in [0.2, 0.25) is 0 Å². The third-order valence-corrected chi connectivity index (χ3v) is 0.0894. The monoisotopic (exact) mass is 119 g/mol. The van der Waals surface area contributed by atoms with Gasteiger partial charge >= 0.3 is 0 Å². The minimum Gasteiger partial charge on any atom is -0.333 e. The van der Waals surface area contributed by atoms with Gasteiger partial charge in [0.15, 0.2) is 0 Å². The number of hydrogen-bond donors (Lipinski definition) is 2. The van der Waals surface area contributed by atoms with Crippen LogP contribution >= 0.6 is 0 Å². The number of nitrogens with zero attached hydrogens (tertiary/aromatic N) is 3. The molecule has 0 aromatic carbocycles. The number of azide groups is 1. The van der Waals surface area contributed by atoms with Gasteiger partial charge in [0, 0.05) is 12.0 Å². The molecule has 5 nitrogen and oxygen atoms in total. The van der Waals surface area contributed by atoms with Gasteiger partial charge in [-0.25, -0.2) is 0 Å². The highest BCUT2D eigenvalue weighted by atomic mass is 15.1. The Kier molecular flexibility index (Phi) is 221. The molecule has 0 saturated carbocycles. The normalized spacial score (nSPS) is 3.62. The van der Waals surface area contributed by atoms with Crippen molar-refractivity contribution in [3.05, 3.63) is 10.4 Å². The fraction of sp³-hybridized carbons (Fsp3) is 1.00. The smallest absolute Gasteiger partial charge is 0.0139 e. The van der Waals surface area contributed by atoms with E-state index in [4.69, 9.17) is 5.53 Å². The van der Waals surface area contributed by atoms with Crippen LogP contribution in [-0.4, -0.2) is 21.1 Å². The van der Waals surface area contributed by atoms with Crippen molar-refractivity contribution in [3.63, 3.8) is 0 Å².